The average Bonchev–Trinajstić information content (AvgIpc) is 2.48. The minimum Gasteiger partial charge on any atom is -0.396 e. The van der Waals surface area contributed by atoms with E-state index in [0.717, 1.165) is 5.56 Å². The zero-order valence-corrected chi connectivity index (χ0v) is 13.3. The van der Waals surface area contributed by atoms with Gasteiger partial charge in [0.25, 0.3) is 0 Å². The maximum Gasteiger partial charge on any atom is 0.249 e. The molecule has 0 aliphatic carbocycles. The lowest BCUT2D eigenvalue weighted by atomic mass is 9.92. The lowest BCUT2D eigenvalue weighted by molar-refractivity contribution is -0.127. The number of carbonyl (C=O) groups excluding carboxylic acids is 1. The second-order valence-electron chi connectivity index (χ2n) is 6.03. The van der Waals surface area contributed by atoms with Crippen LogP contribution in [0.5, 0.6) is 0 Å². The van der Waals surface area contributed by atoms with Gasteiger partial charge in [-0.2, -0.15) is 0 Å². The maximum absolute atomic E-state index is 12.3. The molecule has 0 aliphatic rings. The summed E-state index contributed by atoms with van der Waals surface area (Å²) in [6.45, 7) is 5.51. The molecule has 1 amide bonds. The van der Waals surface area contributed by atoms with Gasteiger partial charge in [0.2, 0.25) is 5.91 Å². The van der Waals surface area contributed by atoms with Crippen molar-refractivity contribution in [3.8, 4) is 0 Å². The summed E-state index contributed by atoms with van der Waals surface area (Å²) in [6.07, 6.45) is 1.84. The number of nitrogens with zero attached hydrogens (tertiary/aromatic N) is 1. The first-order valence-corrected chi connectivity index (χ1v) is 7.03. The van der Waals surface area contributed by atoms with E-state index in [9.17, 15) is 15.0 Å². The van der Waals surface area contributed by atoms with Gasteiger partial charge in [0.15, 0.2) is 0 Å². The number of amides is 1. The summed E-state index contributed by atoms with van der Waals surface area (Å²) < 4.78 is 0. The molecule has 1 aromatic rings. The Morgan fingerprint density at radius 3 is 2.24 bits per heavy atom. The average molecular weight is 291 g/mol. The molecule has 0 atom stereocenters. The molecule has 0 bridgehead atoms. The molecule has 0 fully saturated rings. The number of aliphatic hydroxyl groups excluding tert-OH is 2. The van der Waals surface area contributed by atoms with Gasteiger partial charge in [-0.3, -0.25) is 4.79 Å². The van der Waals surface area contributed by atoms with Crippen LogP contribution < -0.4 is 0 Å². The highest BCUT2D eigenvalue weighted by molar-refractivity contribution is 5.97. The highest BCUT2D eigenvalue weighted by atomic mass is 16.3. The molecular weight excluding hydrogens is 266 g/mol. The van der Waals surface area contributed by atoms with E-state index in [-0.39, 0.29) is 19.1 Å². The van der Waals surface area contributed by atoms with E-state index in [0.29, 0.717) is 12.1 Å². The van der Waals surface area contributed by atoms with Gasteiger partial charge in [-0.25, -0.2) is 0 Å². The van der Waals surface area contributed by atoms with Gasteiger partial charge in [-0.1, -0.05) is 36.8 Å². The maximum atomic E-state index is 12.3. The Morgan fingerprint density at radius 2 is 1.76 bits per heavy atom. The Balaban J connectivity index is 2.79. The molecule has 21 heavy (non-hydrogen) atoms. The Hall–Kier alpha value is -1.65. The predicted octanol–water partition coefficient (Wildman–Crippen LogP) is 1.85. The Labute approximate surface area is 126 Å². The molecule has 0 unspecified atom stereocenters. The first-order valence-electron chi connectivity index (χ1n) is 7.03. The first kappa shape index (κ1) is 17.4. The smallest absolute Gasteiger partial charge is 0.249 e. The van der Waals surface area contributed by atoms with Gasteiger partial charge in [-0.05, 0) is 25.5 Å². The van der Waals surface area contributed by atoms with Gasteiger partial charge in [-0.15, -0.1) is 0 Å². The molecule has 0 saturated carbocycles. The first-order chi connectivity index (χ1) is 9.81. The van der Waals surface area contributed by atoms with Crippen LogP contribution in [-0.2, 0) is 4.79 Å². The quantitative estimate of drug-likeness (QED) is 0.786. The number of hydrogen-bond acceptors (Lipinski definition) is 3. The van der Waals surface area contributed by atoms with Crippen molar-refractivity contribution in [3.63, 3.8) is 0 Å². The molecule has 1 aromatic carbocycles. The highest BCUT2D eigenvalue weighted by Crippen LogP contribution is 2.17. The molecule has 0 saturated heterocycles. The summed E-state index contributed by atoms with van der Waals surface area (Å²) >= 11 is 0. The van der Waals surface area contributed by atoms with Crippen molar-refractivity contribution in [1.82, 2.24) is 4.90 Å². The van der Waals surface area contributed by atoms with Crippen LogP contribution in [0.4, 0.5) is 0 Å². The van der Waals surface area contributed by atoms with Gasteiger partial charge in [0, 0.05) is 24.6 Å². The van der Waals surface area contributed by atoms with E-state index < -0.39 is 5.41 Å². The molecular formula is C17H25NO3. The molecule has 4 heteroatoms. The van der Waals surface area contributed by atoms with Crippen molar-refractivity contribution in [2.24, 2.45) is 5.41 Å². The third-order valence-electron chi connectivity index (χ3n) is 3.53. The number of likely N-dealkylation sites (N-methyl/N-ethyl adjacent to an activating group) is 1. The number of hydrogen-bond donors (Lipinski definition) is 2. The molecule has 0 aromatic heterocycles. The van der Waals surface area contributed by atoms with Crippen LogP contribution in [0.25, 0.3) is 6.08 Å². The lowest BCUT2D eigenvalue weighted by Gasteiger charge is -2.30. The van der Waals surface area contributed by atoms with Crippen molar-refractivity contribution in [3.05, 3.63) is 41.0 Å². The van der Waals surface area contributed by atoms with E-state index in [1.807, 2.05) is 37.3 Å². The SMILES string of the molecule is C/C(=C\c1ccc(C)cc1)C(=O)N(C)CC(C)(CO)CO. The molecule has 2 N–H and O–H groups in total. The van der Waals surface area contributed by atoms with Crippen LogP contribution in [0.2, 0.25) is 0 Å². The van der Waals surface area contributed by atoms with Crippen LogP contribution in [-0.4, -0.2) is 47.8 Å². The van der Waals surface area contributed by atoms with Crippen LogP contribution >= 0.6 is 0 Å². The number of benzene rings is 1. The Morgan fingerprint density at radius 1 is 1.24 bits per heavy atom. The second kappa shape index (κ2) is 7.38. The van der Waals surface area contributed by atoms with E-state index in [4.69, 9.17) is 0 Å². The molecule has 4 nitrogen and oxygen atoms in total. The van der Waals surface area contributed by atoms with E-state index >= 15 is 0 Å². The minimum atomic E-state index is -0.686. The van der Waals surface area contributed by atoms with Crippen molar-refractivity contribution in [2.45, 2.75) is 20.8 Å². The zero-order valence-electron chi connectivity index (χ0n) is 13.3. The molecule has 0 spiro atoms. The number of carbonyl (C=O) groups is 1. The lowest BCUT2D eigenvalue weighted by Crippen LogP contribution is -2.41. The van der Waals surface area contributed by atoms with E-state index in [1.54, 1.807) is 20.9 Å². The van der Waals surface area contributed by atoms with Gasteiger partial charge < -0.3 is 15.1 Å². The Bertz CT molecular complexity index is 501. The van der Waals surface area contributed by atoms with Crippen molar-refractivity contribution in [2.75, 3.05) is 26.8 Å². The zero-order chi connectivity index (χ0) is 16.0. The summed E-state index contributed by atoms with van der Waals surface area (Å²) in [6, 6.07) is 7.94. The minimum absolute atomic E-state index is 0.108. The third-order valence-corrected chi connectivity index (χ3v) is 3.53. The summed E-state index contributed by atoms with van der Waals surface area (Å²) in [5.74, 6) is -0.108. The van der Waals surface area contributed by atoms with Crippen LogP contribution in [0.15, 0.2) is 29.8 Å². The highest BCUT2D eigenvalue weighted by Gasteiger charge is 2.26. The molecule has 0 heterocycles. The number of aryl methyl sites for hydroxylation is 1. The normalized spacial score (nSPS) is 12.4. The molecule has 1 rings (SSSR count). The fraction of sp³-hybridized carbons (Fsp3) is 0.471. The topological polar surface area (TPSA) is 60.8 Å². The third kappa shape index (κ3) is 4.99. The van der Waals surface area contributed by atoms with Gasteiger partial charge in [0.05, 0.1) is 13.2 Å². The summed E-state index contributed by atoms with van der Waals surface area (Å²) in [7, 11) is 1.68. The predicted molar refractivity (Wildman–Crippen MR) is 84.7 cm³/mol. The number of aliphatic hydroxyl groups is 2. The van der Waals surface area contributed by atoms with Gasteiger partial charge in [0.1, 0.15) is 0 Å². The second-order valence-corrected chi connectivity index (χ2v) is 6.03. The van der Waals surface area contributed by atoms with Crippen molar-refractivity contribution < 1.29 is 15.0 Å². The van der Waals surface area contributed by atoms with E-state index in [1.165, 1.54) is 10.5 Å². The molecule has 0 radical (unpaired) electrons. The van der Waals surface area contributed by atoms with Gasteiger partial charge >= 0.3 is 0 Å². The van der Waals surface area contributed by atoms with Crippen molar-refractivity contribution in [1.29, 1.82) is 0 Å². The van der Waals surface area contributed by atoms with Crippen molar-refractivity contribution >= 4 is 12.0 Å². The number of rotatable bonds is 6. The van der Waals surface area contributed by atoms with Crippen LogP contribution in [0.1, 0.15) is 25.0 Å². The molecule has 0 aliphatic heterocycles. The monoisotopic (exact) mass is 291 g/mol. The van der Waals surface area contributed by atoms with E-state index in [2.05, 4.69) is 0 Å². The summed E-state index contributed by atoms with van der Waals surface area (Å²) in [5, 5.41) is 18.6. The summed E-state index contributed by atoms with van der Waals surface area (Å²) in [5.41, 5.74) is 2.09. The molecule has 116 valence electrons. The fourth-order valence-electron chi connectivity index (χ4n) is 2.07. The van der Waals surface area contributed by atoms with Crippen LogP contribution in [0, 0.1) is 12.3 Å². The largest absolute Gasteiger partial charge is 0.396 e. The van der Waals surface area contributed by atoms with Crippen LogP contribution in [0.3, 0.4) is 0 Å². The summed E-state index contributed by atoms with van der Waals surface area (Å²) in [4.78, 5) is 13.9. The Kier molecular flexibility index (Phi) is 6.12. The fourth-order valence-corrected chi connectivity index (χ4v) is 2.07. The standard InChI is InChI=1S/C17H25NO3/c1-13-5-7-15(8-6-13)9-14(2)16(21)18(4)10-17(3,11-19)12-20/h5-9,19-20H,10-12H2,1-4H3/b14-9+.